The first-order valence-electron chi connectivity index (χ1n) is 12.6. The Balaban J connectivity index is 1.71. The number of methoxy groups -OCH3 is 1. The zero-order chi connectivity index (χ0) is 25.5. The molecule has 1 saturated heterocycles. The molecule has 0 amide bonds. The SMILES string of the molecule is COc1ccccc1-c1ccc(C(=O)C=Cc2ccccc2CN(C)C)c(N2CCCN(C)CC2)c1. The van der Waals surface area contributed by atoms with Crippen molar-refractivity contribution in [3.05, 3.63) is 89.5 Å². The van der Waals surface area contributed by atoms with E-state index in [9.17, 15) is 4.79 Å². The van der Waals surface area contributed by atoms with Crippen LogP contribution in [0.2, 0.25) is 0 Å². The van der Waals surface area contributed by atoms with Gasteiger partial charge in [-0.2, -0.15) is 0 Å². The third-order valence-corrected chi connectivity index (χ3v) is 6.70. The van der Waals surface area contributed by atoms with Gasteiger partial charge < -0.3 is 19.4 Å². The van der Waals surface area contributed by atoms with E-state index in [0.717, 1.165) is 72.8 Å². The van der Waals surface area contributed by atoms with Crippen LogP contribution in [0.3, 0.4) is 0 Å². The van der Waals surface area contributed by atoms with Crippen molar-refractivity contribution < 1.29 is 9.53 Å². The molecule has 0 aromatic heterocycles. The molecule has 4 rings (SSSR count). The fourth-order valence-electron chi connectivity index (χ4n) is 4.78. The number of ketones is 1. The minimum Gasteiger partial charge on any atom is -0.496 e. The summed E-state index contributed by atoms with van der Waals surface area (Å²) >= 11 is 0. The summed E-state index contributed by atoms with van der Waals surface area (Å²) in [5, 5.41) is 0. The molecule has 188 valence electrons. The Hall–Kier alpha value is -3.41. The molecule has 0 unspecified atom stereocenters. The molecule has 5 heteroatoms. The van der Waals surface area contributed by atoms with Crippen molar-refractivity contribution in [2.75, 3.05) is 59.3 Å². The normalized spacial score (nSPS) is 14.9. The van der Waals surface area contributed by atoms with Gasteiger partial charge in [0.05, 0.1) is 7.11 Å². The summed E-state index contributed by atoms with van der Waals surface area (Å²) in [5.74, 6) is 0.851. The highest BCUT2D eigenvalue weighted by molar-refractivity contribution is 6.11. The van der Waals surface area contributed by atoms with Crippen LogP contribution in [-0.4, -0.2) is 70.0 Å². The number of para-hydroxylation sites is 1. The zero-order valence-electron chi connectivity index (χ0n) is 21.9. The Morgan fingerprint density at radius 3 is 2.56 bits per heavy atom. The van der Waals surface area contributed by atoms with Crippen LogP contribution in [0.25, 0.3) is 17.2 Å². The number of benzene rings is 3. The summed E-state index contributed by atoms with van der Waals surface area (Å²) in [5.41, 5.74) is 6.08. The van der Waals surface area contributed by atoms with Crippen molar-refractivity contribution >= 4 is 17.5 Å². The molecule has 0 spiro atoms. The number of ether oxygens (including phenoxy) is 1. The molecule has 0 bridgehead atoms. The highest BCUT2D eigenvalue weighted by Gasteiger charge is 2.20. The van der Waals surface area contributed by atoms with E-state index in [1.165, 1.54) is 5.56 Å². The molecule has 0 aliphatic carbocycles. The lowest BCUT2D eigenvalue weighted by atomic mass is 9.98. The Morgan fingerprint density at radius 1 is 0.972 bits per heavy atom. The molecule has 0 radical (unpaired) electrons. The van der Waals surface area contributed by atoms with Crippen LogP contribution >= 0.6 is 0 Å². The third kappa shape index (κ3) is 6.23. The van der Waals surface area contributed by atoms with Gasteiger partial charge in [0.25, 0.3) is 0 Å². The average Bonchev–Trinajstić information content (AvgIpc) is 3.11. The standard InChI is InChI=1S/C31H37N3O2/c1-32(2)23-26-11-6-5-10-24(26)15-17-30(35)28-16-14-25(27-12-7-8-13-31(27)36-4)22-29(28)34-19-9-18-33(3)20-21-34/h5-8,10-17,22H,9,18-21,23H2,1-4H3. The van der Waals surface area contributed by atoms with Gasteiger partial charge in [0.1, 0.15) is 5.75 Å². The van der Waals surface area contributed by atoms with Crippen LogP contribution in [0.15, 0.2) is 72.8 Å². The minimum atomic E-state index is 0.0221. The van der Waals surface area contributed by atoms with Gasteiger partial charge in [0.2, 0.25) is 0 Å². The van der Waals surface area contributed by atoms with Crippen molar-refractivity contribution in [3.63, 3.8) is 0 Å². The molecule has 0 N–H and O–H groups in total. The van der Waals surface area contributed by atoms with E-state index in [2.05, 4.69) is 60.1 Å². The molecular formula is C31H37N3O2. The number of anilines is 1. The molecule has 36 heavy (non-hydrogen) atoms. The summed E-state index contributed by atoms with van der Waals surface area (Å²) in [4.78, 5) is 20.4. The molecule has 3 aromatic rings. The predicted octanol–water partition coefficient (Wildman–Crippen LogP) is 5.46. The fraction of sp³-hybridized carbons (Fsp3) is 0.323. The van der Waals surface area contributed by atoms with E-state index in [0.29, 0.717) is 0 Å². The number of allylic oxidation sites excluding steroid dienone is 1. The topological polar surface area (TPSA) is 36.0 Å². The van der Waals surface area contributed by atoms with Gasteiger partial charge in [-0.05, 0) is 75.1 Å². The van der Waals surface area contributed by atoms with Crippen LogP contribution in [0, 0.1) is 0 Å². The smallest absolute Gasteiger partial charge is 0.187 e. The maximum Gasteiger partial charge on any atom is 0.187 e. The third-order valence-electron chi connectivity index (χ3n) is 6.70. The Morgan fingerprint density at radius 2 is 1.75 bits per heavy atom. The largest absolute Gasteiger partial charge is 0.496 e. The summed E-state index contributed by atoms with van der Waals surface area (Å²) in [6, 6.07) is 22.5. The highest BCUT2D eigenvalue weighted by atomic mass is 16.5. The number of hydrogen-bond acceptors (Lipinski definition) is 5. The van der Waals surface area contributed by atoms with Crippen LogP contribution in [0.1, 0.15) is 27.9 Å². The minimum absolute atomic E-state index is 0.0221. The summed E-state index contributed by atoms with van der Waals surface area (Å²) < 4.78 is 5.62. The summed E-state index contributed by atoms with van der Waals surface area (Å²) in [6.07, 6.45) is 4.74. The lowest BCUT2D eigenvalue weighted by Gasteiger charge is -2.26. The number of carbonyl (C=O) groups is 1. The van der Waals surface area contributed by atoms with Crippen LogP contribution in [-0.2, 0) is 6.54 Å². The Kier molecular flexibility index (Phi) is 8.57. The van der Waals surface area contributed by atoms with Gasteiger partial charge in [0, 0.05) is 43.0 Å². The van der Waals surface area contributed by atoms with Gasteiger partial charge in [-0.3, -0.25) is 4.79 Å². The molecule has 0 atom stereocenters. The first kappa shape index (κ1) is 25.7. The lowest BCUT2D eigenvalue weighted by molar-refractivity contribution is 0.104. The molecule has 5 nitrogen and oxygen atoms in total. The number of nitrogens with zero attached hydrogens (tertiary/aromatic N) is 3. The van der Waals surface area contributed by atoms with Crippen LogP contribution in [0.5, 0.6) is 5.75 Å². The van der Waals surface area contributed by atoms with Crippen molar-refractivity contribution in [1.82, 2.24) is 9.80 Å². The second kappa shape index (κ2) is 12.0. The molecule has 1 aliphatic heterocycles. The second-order valence-electron chi connectivity index (χ2n) is 9.71. The maximum absolute atomic E-state index is 13.6. The zero-order valence-corrected chi connectivity index (χ0v) is 21.9. The Bertz CT molecular complexity index is 1220. The second-order valence-corrected chi connectivity index (χ2v) is 9.71. The van der Waals surface area contributed by atoms with Gasteiger partial charge in [0.15, 0.2) is 5.78 Å². The monoisotopic (exact) mass is 483 g/mol. The fourth-order valence-corrected chi connectivity index (χ4v) is 4.78. The molecule has 0 saturated carbocycles. The quantitative estimate of drug-likeness (QED) is 0.314. The van der Waals surface area contributed by atoms with Crippen molar-refractivity contribution in [2.24, 2.45) is 0 Å². The van der Waals surface area contributed by atoms with Crippen LogP contribution < -0.4 is 9.64 Å². The van der Waals surface area contributed by atoms with E-state index < -0.39 is 0 Å². The van der Waals surface area contributed by atoms with Gasteiger partial charge in [-0.15, -0.1) is 0 Å². The molecule has 1 fully saturated rings. The van der Waals surface area contributed by atoms with E-state index in [4.69, 9.17) is 4.74 Å². The van der Waals surface area contributed by atoms with Crippen molar-refractivity contribution in [1.29, 1.82) is 0 Å². The summed E-state index contributed by atoms with van der Waals surface area (Å²) in [6.45, 7) is 4.68. The molecular weight excluding hydrogens is 446 g/mol. The van der Waals surface area contributed by atoms with E-state index in [-0.39, 0.29) is 5.78 Å². The number of rotatable bonds is 8. The van der Waals surface area contributed by atoms with E-state index >= 15 is 0 Å². The lowest BCUT2D eigenvalue weighted by Crippen LogP contribution is -2.29. The number of carbonyl (C=O) groups excluding carboxylic acids is 1. The molecule has 3 aromatic carbocycles. The van der Waals surface area contributed by atoms with E-state index in [1.54, 1.807) is 13.2 Å². The average molecular weight is 484 g/mol. The number of likely N-dealkylation sites (N-methyl/N-ethyl adjacent to an activating group) is 1. The van der Waals surface area contributed by atoms with Crippen molar-refractivity contribution in [2.45, 2.75) is 13.0 Å². The van der Waals surface area contributed by atoms with Gasteiger partial charge in [-0.1, -0.05) is 54.6 Å². The van der Waals surface area contributed by atoms with Gasteiger partial charge in [-0.25, -0.2) is 0 Å². The van der Waals surface area contributed by atoms with E-state index in [1.807, 2.05) is 48.5 Å². The maximum atomic E-state index is 13.6. The predicted molar refractivity (Wildman–Crippen MR) is 150 cm³/mol. The van der Waals surface area contributed by atoms with Gasteiger partial charge >= 0.3 is 0 Å². The first-order valence-corrected chi connectivity index (χ1v) is 12.6. The molecule has 1 aliphatic rings. The number of hydrogen-bond donors (Lipinski definition) is 0. The van der Waals surface area contributed by atoms with Crippen molar-refractivity contribution in [3.8, 4) is 16.9 Å². The first-order chi connectivity index (χ1) is 17.5. The Labute approximate surface area is 215 Å². The summed E-state index contributed by atoms with van der Waals surface area (Å²) in [7, 11) is 7.97. The molecule has 1 heterocycles. The highest BCUT2D eigenvalue weighted by Crippen LogP contribution is 2.34. The van der Waals surface area contributed by atoms with Crippen LogP contribution in [0.4, 0.5) is 5.69 Å².